The third kappa shape index (κ3) is 2.68. The molecule has 2 N–H and O–H groups in total. The number of rotatable bonds is 3. The number of nitrogens with one attached hydrogen (secondary N) is 2. The van der Waals surface area contributed by atoms with Gasteiger partial charge in [0, 0.05) is 62.2 Å². The van der Waals surface area contributed by atoms with Crippen molar-refractivity contribution in [1.82, 2.24) is 30.5 Å². The minimum atomic E-state index is -0.0768. The van der Waals surface area contributed by atoms with Crippen LogP contribution in [0.4, 0.5) is 0 Å². The number of benzene rings is 2. The molecule has 0 spiro atoms. The predicted molar refractivity (Wildman–Crippen MR) is 110 cm³/mol. The van der Waals surface area contributed by atoms with E-state index >= 15 is 0 Å². The highest BCUT2D eigenvalue weighted by molar-refractivity contribution is 5.97. The van der Waals surface area contributed by atoms with Crippen LogP contribution in [0.2, 0.25) is 0 Å². The van der Waals surface area contributed by atoms with Crippen molar-refractivity contribution >= 4 is 16.9 Å². The summed E-state index contributed by atoms with van der Waals surface area (Å²) in [5, 5.41) is 14.3. The predicted octanol–water partition coefficient (Wildman–Crippen LogP) is 1.26. The Bertz CT molecular complexity index is 1050. The fourth-order valence-electron chi connectivity index (χ4n) is 5.77. The van der Waals surface area contributed by atoms with Crippen LogP contribution in [-0.4, -0.2) is 76.4 Å². The molecule has 1 amide bonds. The van der Waals surface area contributed by atoms with Crippen molar-refractivity contribution in [2.75, 3.05) is 39.3 Å². The summed E-state index contributed by atoms with van der Waals surface area (Å²) in [4.78, 5) is 18.4. The van der Waals surface area contributed by atoms with Crippen LogP contribution in [0.1, 0.15) is 15.9 Å². The van der Waals surface area contributed by atoms with Gasteiger partial charge in [-0.05, 0) is 23.8 Å². The summed E-state index contributed by atoms with van der Waals surface area (Å²) >= 11 is 0. The van der Waals surface area contributed by atoms with Crippen molar-refractivity contribution < 1.29 is 4.79 Å². The Labute approximate surface area is 169 Å². The van der Waals surface area contributed by atoms with E-state index in [4.69, 9.17) is 0 Å². The summed E-state index contributed by atoms with van der Waals surface area (Å²) < 4.78 is 0. The average molecular weight is 388 g/mol. The topological polar surface area (TPSA) is 77.2 Å². The molecule has 7 nitrogen and oxygen atoms in total. The molecule has 148 valence electrons. The first kappa shape index (κ1) is 17.1. The van der Waals surface area contributed by atoms with Gasteiger partial charge in [-0.1, -0.05) is 30.3 Å². The van der Waals surface area contributed by atoms with Gasteiger partial charge in [0.25, 0.3) is 5.91 Å². The average Bonchev–Trinajstić information content (AvgIpc) is 3.08. The zero-order valence-corrected chi connectivity index (χ0v) is 16.2. The van der Waals surface area contributed by atoms with E-state index in [9.17, 15) is 4.79 Å². The molecule has 4 aliphatic rings. The number of hydrogen-bond donors (Lipinski definition) is 2. The van der Waals surface area contributed by atoms with Gasteiger partial charge in [0.1, 0.15) is 11.0 Å². The minimum absolute atomic E-state index is 0.0219. The normalized spacial score (nSPS) is 33.0. The highest BCUT2D eigenvalue weighted by Crippen LogP contribution is 2.43. The first-order valence-electron chi connectivity index (χ1n) is 10.3. The van der Waals surface area contributed by atoms with Crippen LogP contribution >= 0.6 is 0 Å². The van der Waals surface area contributed by atoms with E-state index in [1.807, 2.05) is 18.2 Å². The molecule has 1 aromatic heterocycles. The van der Waals surface area contributed by atoms with Gasteiger partial charge in [0.2, 0.25) is 0 Å². The zero-order chi connectivity index (χ0) is 19.4. The van der Waals surface area contributed by atoms with Gasteiger partial charge >= 0.3 is 0 Å². The summed E-state index contributed by atoms with van der Waals surface area (Å²) in [6, 6.07) is 16.4. The highest BCUT2D eigenvalue weighted by Gasteiger charge is 2.55. The van der Waals surface area contributed by atoms with E-state index in [1.54, 1.807) is 0 Å². The van der Waals surface area contributed by atoms with Crippen molar-refractivity contribution in [2.45, 2.75) is 11.5 Å². The maximum atomic E-state index is 13.3. The van der Waals surface area contributed by atoms with Crippen LogP contribution in [0.15, 0.2) is 48.5 Å². The van der Waals surface area contributed by atoms with Crippen LogP contribution in [0.25, 0.3) is 11.0 Å². The fourth-order valence-corrected chi connectivity index (χ4v) is 5.77. The lowest BCUT2D eigenvalue weighted by Gasteiger charge is -2.55. The first-order valence-corrected chi connectivity index (χ1v) is 10.3. The second-order valence-electron chi connectivity index (χ2n) is 8.73. The first-order chi connectivity index (χ1) is 14.2. The molecular weight excluding hydrogens is 364 g/mol. The van der Waals surface area contributed by atoms with E-state index in [2.05, 4.69) is 60.9 Å². The summed E-state index contributed by atoms with van der Waals surface area (Å²) in [6.45, 7) is 6.34. The number of fused-ring (bicyclic) bond motifs is 2. The van der Waals surface area contributed by atoms with Crippen molar-refractivity contribution in [2.24, 2.45) is 5.92 Å². The number of hydrogen-bond acceptors (Lipinski definition) is 5. The lowest BCUT2D eigenvalue weighted by Crippen LogP contribution is -2.70. The SMILES string of the molecule is O=C(NC1C2CN3CCN(C2)CC1(c1ccccc1)C3)c1ccc2n[nH]nc2c1. The van der Waals surface area contributed by atoms with Gasteiger partial charge in [0.05, 0.1) is 0 Å². The van der Waals surface area contributed by atoms with Gasteiger partial charge in [-0.15, -0.1) is 0 Å². The Hall–Kier alpha value is -2.77. The molecule has 7 rings (SSSR count). The molecule has 3 atom stereocenters. The van der Waals surface area contributed by atoms with E-state index in [1.165, 1.54) is 5.56 Å². The van der Waals surface area contributed by atoms with Gasteiger partial charge in [0.15, 0.2) is 0 Å². The molecule has 4 aliphatic heterocycles. The van der Waals surface area contributed by atoms with Gasteiger partial charge in [-0.2, -0.15) is 15.4 Å². The summed E-state index contributed by atoms with van der Waals surface area (Å²) in [5.41, 5.74) is 3.39. The number of carbonyl (C=O) groups excluding carboxylic acids is 1. The smallest absolute Gasteiger partial charge is 0.251 e. The van der Waals surface area contributed by atoms with E-state index in [0.717, 1.165) is 50.3 Å². The quantitative estimate of drug-likeness (QED) is 0.706. The Morgan fingerprint density at radius 1 is 1.00 bits per heavy atom. The third-order valence-electron chi connectivity index (χ3n) is 7.01. The molecule has 7 heteroatoms. The largest absolute Gasteiger partial charge is 0.348 e. The second-order valence-corrected chi connectivity index (χ2v) is 8.73. The monoisotopic (exact) mass is 388 g/mol. The van der Waals surface area contributed by atoms with Crippen LogP contribution in [0.5, 0.6) is 0 Å². The molecule has 2 aromatic carbocycles. The van der Waals surface area contributed by atoms with Gasteiger partial charge in [-0.3, -0.25) is 4.79 Å². The van der Waals surface area contributed by atoms with Crippen LogP contribution in [0, 0.1) is 5.92 Å². The Kier molecular flexibility index (Phi) is 3.76. The summed E-state index contributed by atoms with van der Waals surface area (Å²) in [6.07, 6.45) is 0. The third-order valence-corrected chi connectivity index (χ3v) is 7.01. The van der Waals surface area contributed by atoms with Crippen molar-refractivity contribution in [3.63, 3.8) is 0 Å². The van der Waals surface area contributed by atoms with Crippen LogP contribution in [0.3, 0.4) is 0 Å². The highest BCUT2D eigenvalue weighted by atomic mass is 16.1. The molecule has 3 unspecified atom stereocenters. The number of piperidine rings is 2. The fraction of sp³-hybridized carbons (Fsp3) is 0.409. The maximum Gasteiger partial charge on any atom is 0.251 e. The Morgan fingerprint density at radius 3 is 2.48 bits per heavy atom. The number of aromatic nitrogens is 3. The minimum Gasteiger partial charge on any atom is -0.348 e. The van der Waals surface area contributed by atoms with E-state index < -0.39 is 0 Å². The van der Waals surface area contributed by atoms with E-state index in [-0.39, 0.29) is 17.4 Å². The summed E-state index contributed by atoms with van der Waals surface area (Å²) in [7, 11) is 0. The van der Waals surface area contributed by atoms with Crippen molar-refractivity contribution in [3.05, 3.63) is 59.7 Å². The molecule has 0 radical (unpaired) electrons. The van der Waals surface area contributed by atoms with E-state index in [0.29, 0.717) is 11.5 Å². The number of nitrogens with zero attached hydrogens (tertiary/aromatic N) is 4. The van der Waals surface area contributed by atoms with Crippen LogP contribution < -0.4 is 5.32 Å². The number of H-pyrrole nitrogens is 1. The molecule has 3 aromatic rings. The Morgan fingerprint density at radius 2 is 1.72 bits per heavy atom. The maximum absolute atomic E-state index is 13.3. The molecule has 5 heterocycles. The number of carbonyl (C=O) groups is 1. The molecule has 4 bridgehead atoms. The van der Waals surface area contributed by atoms with Crippen molar-refractivity contribution in [3.8, 4) is 0 Å². The number of amides is 1. The molecule has 4 fully saturated rings. The Balaban J connectivity index is 1.38. The summed E-state index contributed by atoms with van der Waals surface area (Å²) in [5.74, 6) is 0.409. The molecule has 29 heavy (non-hydrogen) atoms. The van der Waals surface area contributed by atoms with Gasteiger partial charge < -0.3 is 15.1 Å². The standard InChI is InChI=1S/C22H24N6O/c29-21(15-6-7-18-19(10-15)25-26-24-18)23-20-16-11-27-8-9-28(12-16)14-22(20,13-27)17-4-2-1-3-5-17/h1-7,10,16,20H,8-9,11-14H2,(H,23,29)(H,24,25,26). The second kappa shape index (κ2) is 6.37. The molecular formula is C22H24N6O. The molecule has 4 saturated heterocycles. The zero-order valence-electron chi connectivity index (χ0n) is 16.2. The van der Waals surface area contributed by atoms with Crippen molar-refractivity contribution in [1.29, 1.82) is 0 Å². The van der Waals surface area contributed by atoms with Gasteiger partial charge in [-0.25, -0.2) is 0 Å². The lowest BCUT2D eigenvalue weighted by molar-refractivity contribution is 0.0180. The van der Waals surface area contributed by atoms with Crippen LogP contribution in [-0.2, 0) is 5.41 Å². The number of aromatic amines is 1. The lowest BCUT2D eigenvalue weighted by atomic mass is 9.64. The molecule has 0 saturated carbocycles. The molecule has 0 aliphatic carbocycles.